The van der Waals surface area contributed by atoms with Crippen LogP contribution in [-0.2, 0) is 4.74 Å². The van der Waals surface area contributed by atoms with Gasteiger partial charge in [0.05, 0.1) is 18.9 Å². The number of ether oxygens (including phenoxy) is 2. The lowest BCUT2D eigenvalue weighted by atomic mass is 10.1. The van der Waals surface area contributed by atoms with E-state index in [9.17, 15) is 4.79 Å². The number of carbonyl (C=O) groups is 1. The maximum Gasteiger partial charge on any atom is 0.407 e. The lowest BCUT2D eigenvalue weighted by Gasteiger charge is -2.19. The number of anilines is 1. The zero-order valence-electron chi connectivity index (χ0n) is 14.2. The number of rotatable bonds is 6. The largest absolute Gasteiger partial charge is 0.493 e. The Morgan fingerprint density at radius 2 is 2.12 bits per heavy atom. The summed E-state index contributed by atoms with van der Waals surface area (Å²) in [5, 5.41) is 6.77. The molecule has 1 aromatic heterocycles. The highest BCUT2D eigenvalue weighted by molar-refractivity contribution is 5.67. The van der Waals surface area contributed by atoms with Gasteiger partial charge in [0.2, 0.25) is 5.95 Å². The van der Waals surface area contributed by atoms with Gasteiger partial charge in [-0.15, -0.1) is 5.10 Å². The van der Waals surface area contributed by atoms with Crippen LogP contribution < -0.4 is 15.8 Å². The van der Waals surface area contributed by atoms with Crippen molar-refractivity contribution in [2.24, 2.45) is 0 Å². The Balaban J connectivity index is 1.74. The summed E-state index contributed by atoms with van der Waals surface area (Å²) in [4.78, 5) is 15.4. The van der Waals surface area contributed by atoms with Crippen molar-refractivity contribution in [2.75, 3.05) is 18.9 Å². The Morgan fingerprint density at radius 3 is 2.79 bits per heavy atom. The van der Waals surface area contributed by atoms with Crippen molar-refractivity contribution in [2.45, 2.75) is 32.7 Å². The molecule has 0 aliphatic heterocycles. The molecule has 130 valence electrons. The van der Waals surface area contributed by atoms with E-state index in [1.807, 2.05) is 45.0 Å². The average Bonchev–Trinajstić information content (AvgIpc) is 2.92. The molecule has 0 fully saturated rings. The number of amides is 1. The van der Waals surface area contributed by atoms with Crippen LogP contribution in [0, 0.1) is 0 Å². The van der Waals surface area contributed by atoms with Gasteiger partial charge in [-0.1, -0.05) is 6.07 Å². The lowest BCUT2D eigenvalue weighted by molar-refractivity contribution is 0.130. The highest BCUT2D eigenvalue weighted by atomic mass is 16.5. The monoisotopic (exact) mass is 333 g/mol. The molecule has 8 heteroatoms. The molecule has 0 spiro atoms. The number of nitrogen functional groups attached to an aromatic ring is 1. The van der Waals surface area contributed by atoms with Gasteiger partial charge in [-0.2, -0.15) is 0 Å². The van der Waals surface area contributed by atoms with Gasteiger partial charge >= 0.3 is 6.09 Å². The van der Waals surface area contributed by atoms with E-state index in [2.05, 4.69) is 15.4 Å². The second kappa shape index (κ2) is 7.67. The number of nitrogens with two attached hydrogens (primary N) is 1. The molecule has 1 amide bonds. The normalized spacial score (nSPS) is 11.1. The first-order chi connectivity index (χ1) is 11.3. The van der Waals surface area contributed by atoms with Gasteiger partial charge in [0.1, 0.15) is 12.1 Å². The highest BCUT2D eigenvalue weighted by Crippen LogP contribution is 2.16. The Labute approximate surface area is 141 Å². The number of nitrogens with one attached hydrogen (secondary N) is 1. The molecule has 24 heavy (non-hydrogen) atoms. The zero-order valence-corrected chi connectivity index (χ0v) is 14.2. The molecule has 0 atom stereocenters. The fourth-order valence-corrected chi connectivity index (χ4v) is 1.87. The van der Waals surface area contributed by atoms with Crippen molar-refractivity contribution in [3.8, 4) is 11.4 Å². The summed E-state index contributed by atoms with van der Waals surface area (Å²) in [5.41, 5.74) is 6.01. The van der Waals surface area contributed by atoms with Gasteiger partial charge in [-0.25, -0.2) is 14.5 Å². The first-order valence-electron chi connectivity index (χ1n) is 7.69. The SMILES string of the molecule is CC(C)(C)NC(=O)OCCCOc1cccc(-n2cnc(N)n2)c1. The number of carbonyl (C=O) groups excluding carboxylic acids is 1. The fourth-order valence-electron chi connectivity index (χ4n) is 1.87. The van der Waals surface area contributed by atoms with Gasteiger partial charge < -0.3 is 20.5 Å². The molecule has 0 unspecified atom stereocenters. The Hall–Kier alpha value is -2.77. The maximum absolute atomic E-state index is 11.5. The topological polar surface area (TPSA) is 104 Å². The van der Waals surface area contributed by atoms with Gasteiger partial charge in [-0.3, -0.25) is 0 Å². The van der Waals surface area contributed by atoms with E-state index < -0.39 is 6.09 Å². The predicted octanol–water partition coefficient (Wildman–Crippen LogP) is 2.14. The second-order valence-electron chi connectivity index (χ2n) is 6.26. The quantitative estimate of drug-likeness (QED) is 0.785. The molecule has 2 rings (SSSR count). The van der Waals surface area contributed by atoms with Crippen LogP contribution in [0.5, 0.6) is 5.75 Å². The average molecular weight is 333 g/mol. The third kappa shape index (κ3) is 5.79. The summed E-state index contributed by atoms with van der Waals surface area (Å²) in [6.07, 6.45) is 1.71. The number of hydrogen-bond acceptors (Lipinski definition) is 6. The molecule has 0 radical (unpaired) electrons. The van der Waals surface area contributed by atoms with E-state index >= 15 is 0 Å². The van der Waals surface area contributed by atoms with Crippen LogP contribution in [0.4, 0.5) is 10.7 Å². The number of alkyl carbamates (subject to hydrolysis) is 1. The predicted molar refractivity (Wildman–Crippen MR) is 90.1 cm³/mol. The zero-order chi connectivity index (χ0) is 17.6. The molecule has 0 bridgehead atoms. The summed E-state index contributed by atoms with van der Waals surface area (Å²) in [5.74, 6) is 0.910. The van der Waals surface area contributed by atoms with E-state index in [0.717, 1.165) is 5.69 Å². The third-order valence-corrected chi connectivity index (χ3v) is 2.86. The Bertz CT molecular complexity index is 678. The lowest BCUT2D eigenvalue weighted by Crippen LogP contribution is -2.41. The summed E-state index contributed by atoms with van der Waals surface area (Å²) in [7, 11) is 0. The standard InChI is InChI=1S/C16H23N5O3/c1-16(2,3)19-15(22)24-9-5-8-23-13-7-4-6-12(10-13)21-11-18-14(17)20-21/h4,6-7,10-11H,5,8-9H2,1-3H3,(H2,17,20)(H,19,22). The molecule has 0 aliphatic carbocycles. The van der Waals surface area contributed by atoms with E-state index in [0.29, 0.717) is 25.4 Å². The third-order valence-electron chi connectivity index (χ3n) is 2.86. The van der Waals surface area contributed by atoms with Crippen LogP contribution in [0.2, 0.25) is 0 Å². The smallest absolute Gasteiger partial charge is 0.407 e. The van der Waals surface area contributed by atoms with Gasteiger partial charge in [-0.05, 0) is 32.9 Å². The first kappa shape index (κ1) is 17.6. The molecule has 1 heterocycles. The minimum absolute atomic E-state index is 0.215. The van der Waals surface area contributed by atoms with Crippen LogP contribution in [-0.4, -0.2) is 39.6 Å². The number of nitrogens with zero attached hydrogens (tertiary/aromatic N) is 3. The maximum atomic E-state index is 11.5. The molecule has 8 nitrogen and oxygen atoms in total. The fraction of sp³-hybridized carbons (Fsp3) is 0.438. The van der Waals surface area contributed by atoms with E-state index in [1.165, 1.54) is 6.33 Å². The van der Waals surface area contributed by atoms with Crippen molar-refractivity contribution in [1.29, 1.82) is 0 Å². The summed E-state index contributed by atoms with van der Waals surface area (Å²) in [6.45, 7) is 6.42. The van der Waals surface area contributed by atoms with Crippen molar-refractivity contribution in [3.05, 3.63) is 30.6 Å². The molecule has 3 N–H and O–H groups in total. The van der Waals surface area contributed by atoms with Gasteiger partial charge in [0.25, 0.3) is 0 Å². The van der Waals surface area contributed by atoms with E-state index in [1.54, 1.807) is 4.68 Å². The van der Waals surface area contributed by atoms with Crippen LogP contribution in [0.15, 0.2) is 30.6 Å². The van der Waals surface area contributed by atoms with Gasteiger partial charge in [0.15, 0.2) is 0 Å². The van der Waals surface area contributed by atoms with Gasteiger partial charge in [0, 0.05) is 18.0 Å². The first-order valence-corrected chi connectivity index (χ1v) is 7.69. The van der Waals surface area contributed by atoms with Crippen LogP contribution >= 0.6 is 0 Å². The van der Waals surface area contributed by atoms with Crippen molar-refractivity contribution in [3.63, 3.8) is 0 Å². The summed E-state index contributed by atoms with van der Waals surface area (Å²) < 4.78 is 12.3. The van der Waals surface area contributed by atoms with Crippen LogP contribution in [0.1, 0.15) is 27.2 Å². The Kier molecular flexibility index (Phi) is 5.62. The second-order valence-corrected chi connectivity index (χ2v) is 6.26. The van der Waals surface area contributed by atoms with E-state index in [-0.39, 0.29) is 11.5 Å². The number of aromatic nitrogens is 3. The molecular weight excluding hydrogens is 310 g/mol. The van der Waals surface area contributed by atoms with E-state index in [4.69, 9.17) is 15.2 Å². The van der Waals surface area contributed by atoms with Crippen molar-refractivity contribution < 1.29 is 14.3 Å². The van der Waals surface area contributed by atoms with Crippen LogP contribution in [0.25, 0.3) is 5.69 Å². The summed E-state index contributed by atoms with van der Waals surface area (Å²) >= 11 is 0. The number of benzene rings is 1. The number of hydrogen-bond donors (Lipinski definition) is 2. The molecular formula is C16H23N5O3. The molecule has 0 saturated carbocycles. The molecule has 1 aromatic carbocycles. The molecule has 2 aromatic rings. The minimum Gasteiger partial charge on any atom is -0.493 e. The molecule has 0 aliphatic rings. The van der Waals surface area contributed by atoms with Crippen molar-refractivity contribution in [1.82, 2.24) is 20.1 Å². The minimum atomic E-state index is -0.423. The summed E-state index contributed by atoms with van der Waals surface area (Å²) in [6, 6.07) is 7.41. The van der Waals surface area contributed by atoms with Crippen LogP contribution in [0.3, 0.4) is 0 Å². The molecule has 0 saturated heterocycles. The highest BCUT2D eigenvalue weighted by Gasteiger charge is 2.14. The Morgan fingerprint density at radius 1 is 1.33 bits per heavy atom. The van der Waals surface area contributed by atoms with Crippen molar-refractivity contribution >= 4 is 12.0 Å².